The average Bonchev–Trinajstić information content (AvgIpc) is 2.17. The highest BCUT2D eigenvalue weighted by molar-refractivity contribution is 5.85. The van der Waals surface area contributed by atoms with E-state index in [0.29, 0.717) is 0 Å². The van der Waals surface area contributed by atoms with Gasteiger partial charge in [-0.2, -0.15) is 5.26 Å². The van der Waals surface area contributed by atoms with Gasteiger partial charge in [0.1, 0.15) is 5.75 Å². The number of rotatable bonds is 2. The summed E-state index contributed by atoms with van der Waals surface area (Å²) in [7, 11) is 0. The Kier molecular flexibility index (Phi) is 4.98. The van der Waals surface area contributed by atoms with Crippen molar-refractivity contribution < 1.29 is 13.9 Å². The SMILES string of the molecule is Cl.N#Cc1ccc(O)c([C@@H](N)C(F)F)c1. The molecule has 0 aromatic heterocycles. The molecule has 0 saturated carbocycles. The van der Waals surface area contributed by atoms with Gasteiger partial charge in [0, 0.05) is 5.56 Å². The first-order valence-electron chi connectivity index (χ1n) is 3.83. The van der Waals surface area contributed by atoms with E-state index in [1.807, 2.05) is 0 Å². The normalized spacial score (nSPS) is 11.7. The molecule has 0 saturated heterocycles. The van der Waals surface area contributed by atoms with Crippen LogP contribution in [0.25, 0.3) is 0 Å². The smallest absolute Gasteiger partial charge is 0.257 e. The first-order chi connectivity index (χ1) is 6.56. The highest BCUT2D eigenvalue weighted by Gasteiger charge is 2.20. The predicted octanol–water partition coefficient (Wildman–Crippen LogP) is 1.95. The second-order valence-electron chi connectivity index (χ2n) is 2.75. The molecule has 1 atom stereocenters. The zero-order valence-corrected chi connectivity index (χ0v) is 8.34. The molecule has 0 aliphatic rings. The van der Waals surface area contributed by atoms with Gasteiger partial charge < -0.3 is 10.8 Å². The quantitative estimate of drug-likeness (QED) is 0.822. The van der Waals surface area contributed by atoms with Gasteiger partial charge in [0.2, 0.25) is 0 Å². The van der Waals surface area contributed by atoms with E-state index in [1.54, 1.807) is 6.07 Å². The molecule has 0 spiro atoms. The van der Waals surface area contributed by atoms with Crippen LogP contribution in [0.15, 0.2) is 18.2 Å². The molecule has 1 aromatic rings. The molecule has 82 valence electrons. The molecule has 0 aliphatic heterocycles. The topological polar surface area (TPSA) is 70.0 Å². The van der Waals surface area contributed by atoms with Crippen LogP contribution in [0.3, 0.4) is 0 Å². The lowest BCUT2D eigenvalue weighted by Gasteiger charge is -2.12. The minimum Gasteiger partial charge on any atom is -0.508 e. The molecule has 0 unspecified atom stereocenters. The van der Waals surface area contributed by atoms with Crippen molar-refractivity contribution in [2.24, 2.45) is 5.73 Å². The van der Waals surface area contributed by atoms with Gasteiger partial charge >= 0.3 is 0 Å². The lowest BCUT2D eigenvalue weighted by atomic mass is 10.0. The maximum atomic E-state index is 12.2. The lowest BCUT2D eigenvalue weighted by Crippen LogP contribution is -2.19. The number of nitrogens with zero attached hydrogens (tertiary/aromatic N) is 1. The highest BCUT2D eigenvalue weighted by Crippen LogP contribution is 2.27. The van der Waals surface area contributed by atoms with Crippen LogP contribution in [0.4, 0.5) is 8.78 Å². The summed E-state index contributed by atoms with van der Waals surface area (Å²) in [6, 6.07) is 3.88. The molecule has 1 aromatic carbocycles. The van der Waals surface area contributed by atoms with Crippen molar-refractivity contribution in [3.05, 3.63) is 29.3 Å². The zero-order chi connectivity index (χ0) is 10.7. The van der Waals surface area contributed by atoms with Crippen LogP contribution >= 0.6 is 12.4 Å². The number of hydrogen-bond acceptors (Lipinski definition) is 3. The maximum absolute atomic E-state index is 12.2. The molecular weight excluding hydrogens is 226 g/mol. The van der Waals surface area contributed by atoms with E-state index in [2.05, 4.69) is 0 Å². The zero-order valence-electron chi connectivity index (χ0n) is 7.52. The number of nitriles is 1. The molecule has 3 N–H and O–H groups in total. The van der Waals surface area contributed by atoms with Crippen molar-refractivity contribution in [1.82, 2.24) is 0 Å². The average molecular weight is 235 g/mol. The van der Waals surface area contributed by atoms with Crippen LogP contribution in [0.2, 0.25) is 0 Å². The van der Waals surface area contributed by atoms with E-state index in [-0.39, 0.29) is 29.3 Å². The number of alkyl halides is 2. The number of hydrogen-bond donors (Lipinski definition) is 2. The fourth-order valence-corrected chi connectivity index (χ4v) is 1.03. The van der Waals surface area contributed by atoms with Crippen LogP contribution in [-0.4, -0.2) is 11.5 Å². The summed E-state index contributed by atoms with van der Waals surface area (Å²) in [5.41, 5.74) is 5.22. The first-order valence-corrected chi connectivity index (χ1v) is 3.83. The van der Waals surface area contributed by atoms with Crippen LogP contribution in [0, 0.1) is 11.3 Å². The molecule has 1 rings (SSSR count). The van der Waals surface area contributed by atoms with E-state index in [1.165, 1.54) is 12.1 Å². The third kappa shape index (κ3) is 3.05. The fourth-order valence-electron chi connectivity index (χ4n) is 1.03. The fraction of sp³-hybridized carbons (Fsp3) is 0.222. The van der Waals surface area contributed by atoms with Gasteiger partial charge in [-0.25, -0.2) is 8.78 Å². The van der Waals surface area contributed by atoms with Gasteiger partial charge in [0.05, 0.1) is 17.7 Å². The Hall–Kier alpha value is -1.38. The number of phenols is 1. The van der Waals surface area contributed by atoms with E-state index in [0.717, 1.165) is 6.07 Å². The first kappa shape index (κ1) is 13.6. The van der Waals surface area contributed by atoms with Gasteiger partial charge in [0.15, 0.2) is 0 Å². The van der Waals surface area contributed by atoms with E-state index >= 15 is 0 Å². The molecule has 0 amide bonds. The standard InChI is InChI=1S/C9H8F2N2O.ClH/c10-9(11)8(13)6-3-5(4-12)1-2-7(6)14;/h1-3,8-9,14H,13H2;1H/t8-;/m1./s1. The Morgan fingerprint density at radius 2 is 2.00 bits per heavy atom. The Balaban J connectivity index is 0.00000196. The molecule has 3 nitrogen and oxygen atoms in total. The van der Waals surface area contributed by atoms with Crippen LogP contribution in [0.5, 0.6) is 5.75 Å². The summed E-state index contributed by atoms with van der Waals surface area (Å²) in [5.74, 6) is -0.322. The molecule has 0 bridgehead atoms. The minimum atomic E-state index is -2.77. The third-order valence-corrected chi connectivity index (χ3v) is 1.79. The van der Waals surface area contributed by atoms with Gasteiger partial charge in [0.25, 0.3) is 6.43 Å². The summed E-state index contributed by atoms with van der Waals surface area (Å²) in [6.07, 6.45) is -2.77. The molecule has 6 heteroatoms. The van der Waals surface area contributed by atoms with Crippen molar-refractivity contribution in [3.8, 4) is 11.8 Å². The van der Waals surface area contributed by atoms with Crippen molar-refractivity contribution in [3.63, 3.8) is 0 Å². The van der Waals surface area contributed by atoms with Crippen molar-refractivity contribution >= 4 is 12.4 Å². The number of aromatic hydroxyl groups is 1. The van der Waals surface area contributed by atoms with Crippen molar-refractivity contribution in [2.45, 2.75) is 12.5 Å². The van der Waals surface area contributed by atoms with Gasteiger partial charge in [-0.1, -0.05) is 0 Å². The summed E-state index contributed by atoms with van der Waals surface area (Å²) >= 11 is 0. The van der Waals surface area contributed by atoms with E-state index in [4.69, 9.17) is 11.0 Å². The largest absolute Gasteiger partial charge is 0.508 e. The maximum Gasteiger partial charge on any atom is 0.257 e. The highest BCUT2D eigenvalue weighted by atomic mass is 35.5. The minimum absolute atomic E-state index is 0. The molecule has 0 heterocycles. The third-order valence-electron chi connectivity index (χ3n) is 1.79. The Morgan fingerprint density at radius 3 is 2.47 bits per heavy atom. The van der Waals surface area contributed by atoms with Crippen molar-refractivity contribution in [2.75, 3.05) is 0 Å². The van der Waals surface area contributed by atoms with E-state index in [9.17, 15) is 13.9 Å². The lowest BCUT2D eigenvalue weighted by molar-refractivity contribution is 0.115. The molecule has 0 aliphatic carbocycles. The van der Waals surface area contributed by atoms with Crippen molar-refractivity contribution in [1.29, 1.82) is 5.26 Å². The number of phenolic OH excluding ortho intramolecular Hbond substituents is 1. The van der Waals surface area contributed by atoms with Crippen LogP contribution in [-0.2, 0) is 0 Å². The monoisotopic (exact) mass is 234 g/mol. The van der Waals surface area contributed by atoms with Gasteiger partial charge in [-0.3, -0.25) is 0 Å². The van der Waals surface area contributed by atoms with Gasteiger partial charge in [-0.05, 0) is 18.2 Å². The Bertz CT molecular complexity index is 379. The summed E-state index contributed by atoms with van der Waals surface area (Å²) in [5, 5.41) is 17.7. The molecule has 0 fully saturated rings. The predicted molar refractivity (Wildman–Crippen MR) is 53.0 cm³/mol. The second kappa shape index (κ2) is 5.49. The van der Waals surface area contributed by atoms with Crippen LogP contribution in [0.1, 0.15) is 17.2 Å². The molecule has 0 radical (unpaired) electrons. The molecule has 15 heavy (non-hydrogen) atoms. The van der Waals surface area contributed by atoms with E-state index < -0.39 is 12.5 Å². The number of benzene rings is 1. The Labute approximate surface area is 91.5 Å². The Morgan fingerprint density at radius 1 is 1.40 bits per heavy atom. The number of halogens is 3. The van der Waals surface area contributed by atoms with Gasteiger partial charge in [-0.15, -0.1) is 12.4 Å². The van der Waals surface area contributed by atoms with Crippen LogP contribution < -0.4 is 5.73 Å². The summed E-state index contributed by atoms with van der Waals surface area (Å²) in [6.45, 7) is 0. The number of nitrogens with two attached hydrogens (primary N) is 1. The summed E-state index contributed by atoms with van der Waals surface area (Å²) in [4.78, 5) is 0. The molecular formula is C9H9ClF2N2O. The second-order valence-corrected chi connectivity index (χ2v) is 2.75. The summed E-state index contributed by atoms with van der Waals surface area (Å²) < 4.78 is 24.4.